The zero-order valence-electron chi connectivity index (χ0n) is 17.9. The highest BCUT2D eigenvalue weighted by Gasteiger charge is 2.43. The highest BCUT2D eigenvalue weighted by atomic mass is 16.5. The molecule has 0 spiro atoms. The van der Waals surface area contributed by atoms with E-state index in [0.717, 1.165) is 49.0 Å². The molecule has 0 atom stereocenters. The van der Waals surface area contributed by atoms with Crippen molar-refractivity contribution in [3.63, 3.8) is 0 Å². The first kappa shape index (κ1) is 20.2. The van der Waals surface area contributed by atoms with Gasteiger partial charge in [0.15, 0.2) is 0 Å². The number of amides is 2. The van der Waals surface area contributed by atoms with Crippen LogP contribution in [0.2, 0.25) is 0 Å². The first-order chi connectivity index (χ1) is 14.5. The number of carbonyl (C=O) groups is 2. The summed E-state index contributed by atoms with van der Waals surface area (Å²) in [5.74, 6) is 0.151. The van der Waals surface area contributed by atoms with Gasteiger partial charge in [-0.25, -0.2) is 4.90 Å². The monoisotopic (exact) mass is 404 g/mol. The Morgan fingerprint density at radius 3 is 2.40 bits per heavy atom. The van der Waals surface area contributed by atoms with Gasteiger partial charge in [0.2, 0.25) is 0 Å². The minimum absolute atomic E-state index is 0.247. The van der Waals surface area contributed by atoms with E-state index >= 15 is 0 Å². The summed E-state index contributed by atoms with van der Waals surface area (Å²) in [5.41, 5.74) is 4.66. The van der Waals surface area contributed by atoms with Crippen molar-refractivity contribution < 1.29 is 14.3 Å². The number of likely N-dealkylation sites (tertiary alicyclic amines) is 1. The Kier molecular flexibility index (Phi) is 5.62. The molecular formula is C25H28N2O3. The molecule has 5 nitrogen and oxygen atoms in total. The second kappa shape index (κ2) is 8.34. The normalized spacial score (nSPS) is 16.8. The van der Waals surface area contributed by atoms with Gasteiger partial charge in [-0.3, -0.25) is 9.59 Å². The molecule has 4 rings (SSSR count). The van der Waals surface area contributed by atoms with Crippen LogP contribution in [0.5, 0.6) is 5.75 Å². The van der Waals surface area contributed by atoms with Crippen molar-refractivity contribution in [1.82, 2.24) is 4.90 Å². The van der Waals surface area contributed by atoms with Gasteiger partial charge in [0.05, 0.1) is 17.9 Å². The third kappa shape index (κ3) is 3.60. The molecule has 5 heteroatoms. The van der Waals surface area contributed by atoms with Crippen molar-refractivity contribution in [1.29, 1.82) is 0 Å². The van der Waals surface area contributed by atoms with E-state index in [1.807, 2.05) is 51.1 Å². The number of carbonyl (C=O) groups excluding carboxylic acids is 2. The van der Waals surface area contributed by atoms with Gasteiger partial charge >= 0.3 is 0 Å². The Bertz CT molecular complexity index is 1020. The Morgan fingerprint density at radius 2 is 1.70 bits per heavy atom. The lowest BCUT2D eigenvalue weighted by Crippen LogP contribution is -2.34. The number of imide groups is 1. The summed E-state index contributed by atoms with van der Waals surface area (Å²) < 4.78 is 5.72. The average Bonchev–Trinajstić information content (AvgIpc) is 3.35. The van der Waals surface area contributed by atoms with Crippen LogP contribution < -0.4 is 9.64 Å². The van der Waals surface area contributed by atoms with Crippen LogP contribution in [-0.2, 0) is 9.59 Å². The number of hydrogen-bond acceptors (Lipinski definition) is 4. The number of aryl methyl sites for hydroxylation is 2. The molecule has 0 aliphatic carbocycles. The van der Waals surface area contributed by atoms with Gasteiger partial charge in [-0.2, -0.15) is 0 Å². The fraction of sp³-hybridized carbons (Fsp3) is 0.360. The lowest BCUT2D eigenvalue weighted by molar-refractivity contribution is -0.120. The number of nitrogens with zero attached hydrogens (tertiary/aromatic N) is 2. The van der Waals surface area contributed by atoms with E-state index < -0.39 is 0 Å². The molecule has 2 aliphatic heterocycles. The highest BCUT2D eigenvalue weighted by molar-refractivity contribution is 6.45. The van der Waals surface area contributed by atoms with Crippen molar-refractivity contribution in [2.24, 2.45) is 0 Å². The lowest BCUT2D eigenvalue weighted by Gasteiger charge is -2.20. The van der Waals surface area contributed by atoms with Crippen LogP contribution >= 0.6 is 0 Å². The van der Waals surface area contributed by atoms with Gasteiger partial charge in [0, 0.05) is 19.2 Å². The third-order valence-corrected chi connectivity index (χ3v) is 5.83. The molecule has 0 unspecified atom stereocenters. The summed E-state index contributed by atoms with van der Waals surface area (Å²) >= 11 is 0. The van der Waals surface area contributed by atoms with E-state index in [-0.39, 0.29) is 11.8 Å². The molecule has 0 aromatic heterocycles. The Balaban J connectivity index is 1.77. The summed E-state index contributed by atoms with van der Waals surface area (Å²) in [6, 6.07) is 13.2. The van der Waals surface area contributed by atoms with Crippen LogP contribution in [0, 0.1) is 13.8 Å². The molecule has 30 heavy (non-hydrogen) atoms. The molecule has 0 radical (unpaired) electrons. The largest absolute Gasteiger partial charge is 0.494 e. The predicted molar refractivity (Wildman–Crippen MR) is 118 cm³/mol. The van der Waals surface area contributed by atoms with Gasteiger partial charge in [0.1, 0.15) is 11.4 Å². The zero-order chi connectivity index (χ0) is 21.3. The van der Waals surface area contributed by atoms with Crippen LogP contribution in [0.4, 0.5) is 5.69 Å². The van der Waals surface area contributed by atoms with E-state index in [1.165, 1.54) is 4.90 Å². The zero-order valence-corrected chi connectivity index (χ0v) is 17.9. The standard InChI is InChI=1S/C25H28N2O3/c1-4-14-30-21-9-7-8-20(16-21)27-24(28)22(19-11-10-17(2)18(3)15-19)23(25(27)29)26-12-5-6-13-26/h7-11,15-16H,4-6,12-14H2,1-3H3. The fourth-order valence-electron chi connectivity index (χ4n) is 4.08. The maximum atomic E-state index is 13.6. The molecule has 0 saturated carbocycles. The highest BCUT2D eigenvalue weighted by Crippen LogP contribution is 2.37. The second-order valence-corrected chi connectivity index (χ2v) is 8.01. The van der Waals surface area contributed by atoms with Crippen molar-refractivity contribution in [2.45, 2.75) is 40.0 Å². The molecule has 2 aromatic carbocycles. The smallest absolute Gasteiger partial charge is 0.282 e. The van der Waals surface area contributed by atoms with Crippen molar-refractivity contribution in [3.8, 4) is 5.75 Å². The Hall–Kier alpha value is -3.08. The van der Waals surface area contributed by atoms with Gasteiger partial charge in [0.25, 0.3) is 11.8 Å². The van der Waals surface area contributed by atoms with Crippen molar-refractivity contribution in [2.75, 3.05) is 24.6 Å². The number of ether oxygens (including phenoxy) is 1. The summed E-state index contributed by atoms with van der Waals surface area (Å²) in [7, 11) is 0. The fourth-order valence-corrected chi connectivity index (χ4v) is 4.08. The molecule has 1 saturated heterocycles. The molecule has 0 bridgehead atoms. The number of anilines is 1. The maximum absolute atomic E-state index is 13.6. The van der Waals surface area contributed by atoms with Crippen LogP contribution in [0.1, 0.15) is 42.9 Å². The molecule has 2 amide bonds. The Morgan fingerprint density at radius 1 is 0.933 bits per heavy atom. The molecule has 156 valence electrons. The van der Waals surface area contributed by atoms with E-state index in [2.05, 4.69) is 4.90 Å². The van der Waals surface area contributed by atoms with Gasteiger partial charge in [-0.05, 0) is 61.9 Å². The van der Waals surface area contributed by atoms with E-state index in [4.69, 9.17) is 4.74 Å². The third-order valence-electron chi connectivity index (χ3n) is 5.83. The van der Waals surface area contributed by atoms with E-state index in [9.17, 15) is 9.59 Å². The molecular weight excluding hydrogens is 376 g/mol. The minimum Gasteiger partial charge on any atom is -0.494 e. The van der Waals surface area contributed by atoms with Crippen molar-refractivity contribution in [3.05, 3.63) is 64.9 Å². The average molecular weight is 405 g/mol. The number of hydrogen-bond donors (Lipinski definition) is 0. The topological polar surface area (TPSA) is 49.9 Å². The quantitative estimate of drug-likeness (QED) is 0.667. The van der Waals surface area contributed by atoms with Gasteiger partial charge in [-0.1, -0.05) is 31.2 Å². The van der Waals surface area contributed by atoms with Crippen LogP contribution in [0.15, 0.2) is 48.2 Å². The first-order valence-electron chi connectivity index (χ1n) is 10.7. The summed E-state index contributed by atoms with van der Waals surface area (Å²) in [5, 5.41) is 0. The molecule has 1 fully saturated rings. The lowest BCUT2D eigenvalue weighted by atomic mass is 9.99. The second-order valence-electron chi connectivity index (χ2n) is 8.01. The number of rotatable bonds is 6. The van der Waals surface area contributed by atoms with E-state index in [0.29, 0.717) is 29.3 Å². The molecule has 2 aliphatic rings. The first-order valence-corrected chi connectivity index (χ1v) is 10.7. The summed E-state index contributed by atoms with van der Waals surface area (Å²) in [4.78, 5) is 30.5. The van der Waals surface area contributed by atoms with Crippen molar-refractivity contribution >= 4 is 23.1 Å². The molecule has 2 heterocycles. The Labute approximate surface area is 177 Å². The van der Waals surface area contributed by atoms with Crippen LogP contribution in [0.25, 0.3) is 5.57 Å². The summed E-state index contributed by atoms with van der Waals surface area (Å²) in [6.07, 6.45) is 2.96. The van der Waals surface area contributed by atoms with E-state index in [1.54, 1.807) is 12.1 Å². The predicted octanol–water partition coefficient (Wildman–Crippen LogP) is 4.47. The molecule has 0 N–H and O–H groups in total. The molecule has 2 aromatic rings. The number of benzene rings is 2. The minimum atomic E-state index is -0.266. The van der Waals surface area contributed by atoms with Crippen LogP contribution in [-0.4, -0.2) is 36.4 Å². The SMILES string of the molecule is CCCOc1cccc(N2C(=O)C(c3ccc(C)c(C)c3)=C(N3CCCC3)C2=O)c1. The van der Waals surface area contributed by atoms with Gasteiger partial charge < -0.3 is 9.64 Å². The summed E-state index contributed by atoms with van der Waals surface area (Å²) in [6.45, 7) is 8.31. The maximum Gasteiger partial charge on any atom is 0.282 e. The van der Waals surface area contributed by atoms with Crippen LogP contribution in [0.3, 0.4) is 0 Å². The van der Waals surface area contributed by atoms with Gasteiger partial charge in [-0.15, -0.1) is 0 Å².